The van der Waals surface area contributed by atoms with Gasteiger partial charge < -0.3 is 10.2 Å². The quantitative estimate of drug-likeness (QED) is 0.920. The summed E-state index contributed by atoms with van der Waals surface area (Å²) in [5.41, 5.74) is 1.96. The molecular formula is C15H19BrN2O2. The molecule has 2 amide bonds. The Kier molecular flexibility index (Phi) is 4.48. The first kappa shape index (κ1) is 15.0. The SMILES string of the molecule is Cc1ccc(N2CC(C(=O)NC(C)C)CC2=O)c(Br)c1. The molecule has 4 nitrogen and oxygen atoms in total. The van der Waals surface area contributed by atoms with E-state index < -0.39 is 0 Å². The lowest BCUT2D eigenvalue weighted by molar-refractivity contribution is -0.126. The van der Waals surface area contributed by atoms with Gasteiger partial charge in [0.2, 0.25) is 11.8 Å². The van der Waals surface area contributed by atoms with E-state index in [2.05, 4.69) is 21.2 Å². The predicted octanol–water partition coefficient (Wildman–Crippen LogP) is 2.64. The first-order chi connectivity index (χ1) is 9.38. The Morgan fingerprint density at radius 3 is 2.75 bits per heavy atom. The van der Waals surface area contributed by atoms with Crippen molar-refractivity contribution in [2.24, 2.45) is 5.92 Å². The minimum absolute atomic E-state index is 0.00143. The molecule has 108 valence electrons. The molecule has 1 N–H and O–H groups in total. The molecule has 0 radical (unpaired) electrons. The van der Waals surface area contributed by atoms with Gasteiger partial charge in [-0.1, -0.05) is 6.07 Å². The van der Waals surface area contributed by atoms with Crippen molar-refractivity contribution in [2.75, 3.05) is 11.4 Å². The van der Waals surface area contributed by atoms with E-state index in [1.54, 1.807) is 4.90 Å². The Hall–Kier alpha value is -1.36. The van der Waals surface area contributed by atoms with E-state index in [-0.39, 0.29) is 30.2 Å². The highest BCUT2D eigenvalue weighted by molar-refractivity contribution is 9.10. The highest BCUT2D eigenvalue weighted by Gasteiger charge is 2.35. The molecule has 1 aliphatic rings. The summed E-state index contributed by atoms with van der Waals surface area (Å²) in [7, 11) is 0. The van der Waals surface area contributed by atoms with Crippen LogP contribution in [0, 0.1) is 12.8 Å². The van der Waals surface area contributed by atoms with Crippen molar-refractivity contribution >= 4 is 33.4 Å². The van der Waals surface area contributed by atoms with Crippen LogP contribution < -0.4 is 10.2 Å². The van der Waals surface area contributed by atoms with Crippen LogP contribution in [0.4, 0.5) is 5.69 Å². The molecule has 0 bridgehead atoms. The number of hydrogen-bond donors (Lipinski definition) is 1. The number of nitrogens with zero attached hydrogens (tertiary/aromatic N) is 1. The molecule has 1 unspecified atom stereocenters. The molecule has 1 heterocycles. The van der Waals surface area contributed by atoms with E-state index in [9.17, 15) is 9.59 Å². The van der Waals surface area contributed by atoms with Crippen LogP contribution in [-0.4, -0.2) is 24.4 Å². The third-order valence-electron chi connectivity index (χ3n) is 3.32. The van der Waals surface area contributed by atoms with Gasteiger partial charge in [0, 0.05) is 23.5 Å². The van der Waals surface area contributed by atoms with Crippen LogP contribution in [0.15, 0.2) is 22.7 Å². The smallest absolute Gasteiger partial charge is 0.227 e. The normalized spacial score (nSPS) is 18.8. The molecule has 2 rings (SSSR count). The molecule has 1 aliphatic heterocycles. The molecule has 1 fully saturated rings. The predicted molar refractivity (Wildman–Crippen MR) is 82.6 cm³/mol. The maximum Gasteiger partial charge on any atom is 0.227 e. The van der Waals surface area contributed by atoms with Gasteiger partial charge in [-0.05, 0) is 54.4 Å². The van der Waals surface area contributed by atoms with E-state index in [4.69, 9.17) is 0 Å². The second-order valence-electron chi connectivity index (χ2n) is 5.52. The van der Waals surface area contributed by atoms with Gasteiger partial charge in [-0.3, -0.25) is 9.59 Å². The number of anilines is 1. The van der Waals surface area contributed by atoms with Crippen LogP contribution >= 0.6 is 15.9 Å². The zero-order chi connectivity index (χ0) is 14.9. The second kappa shape index (κ2) is 5.95. The number of benzene rings is 1. The van der Waals surface area contributed by atoms with E-state index >= 15 is 0 Å². The molecule has 1 aromatic carbocycles. The summed E-state index contributed by atoms with van der Waals surface area (Å²) < 4.78 is 0.885. The minimum Gasteiger partial charge on any atom is -0.354 e. The summed E-state index contributed by atoms with van der Waals surface area (Å²) in [4.78, 5) is 25.8. The Bertz CT molecular complexity index is 543. The van der Waals surface area contributed by atoms with Gasteiger partial charge in [0.05, 0.1) is 11.6 Å². The number of hydrogen-bond acceptors (Lipinski definition) is 2. The van der Waals surface area contributed by atoms with Gasteiger partial charge in [-0.25, -0.2) is 0 Å². The molecule has 1 atom stereocenters. The van der Waals surface area contributed by atoms with E-state index in [1.807, 2.05) is 39.0 Å². The monoisotopic (exact) mass is 338 g/mol. The van der Waals surface area contributed by atoms with Crippen LogP contribution in [0.2, 0.25) is 0 Å². The maximum atomic E-state index is 12.1. The molecule has 0 saturated carbocycles. The Balaban J connectivity index is 2.15. The van der Waals surface area contributed by atoms with Gasteiger partial charge in [-0.2, -0.15) is 0 Å². The number of amides is 2. The van der Waals surface area contributed by atoms with Crippen molar-refractivity contribution in [2.45, 2.75) is 33.2 Å². The Morgan fingerprint density at radius 1 is 1.45 bits per heavy atom. The topological polar surface area (TPSA) is 49.4 Å². The van der Waals surface area contributed by atoms with E-state index in [0.29, 0.717) is 6.54 Å². The zero-order valence-corrected chi connectivity index (χ0v) is 13.5. The number of nitrogens with one attached hydrogen (secondary N) is 1. The summed E-state index contributed by atoms with van der Waals surface area (Å²) in [6, 6.07) is 5.96. The lowest BCUT2D eigenvalue weighted by Crippen LogP contribution is -2.37. The Labute approximate surface area is 127 Å². The van der Waals surface area contributed by atoms with E-state index in [1.165, 1.54) is 0 Å². The molecule has 20 heavy (non-hydrogen) atoms. The number of halogens is 1. The molecule has 5 heteroatoms. The fourth-order valence-corrected chi connectivity index (χ4v) is 3.06. The molecule has 1 aromatic rings. The molecule has 0 spiro atoms. The lowest BCUT2D eigenvalue weighted by Gasteiger charge is -2.19. The first-order valence-corrected chi connectivity index (χ1v) is 7.54. The maximum absolute atomic E-state index is 12.1. The number of aryl methyl sites for hydroxylation is 1. The van der Waals surface area contributed by atoms with Gasteiger partial charge >= 0.3 is 0 Å². The Morgan fingerprint density at radius 2 is 2.15 bits per heavy atom. The van der Waals surface area contributed by atoms with Crippen LogP contribution in [-0.2, 0) is 9.59 Å². The first-order valence-electron chi connectivity index (χ1n) is 6.75. The standard InChI is InChI=1S/C15H19BrN2O2/c1-9(2)17-15(20)11-7-14(19)18(8-11)13-5-4-10(3)6-12(13)16/h4-6,9,11H,7-8H2,1-3H3,(H,17,20). The van der Waals surface area contributed by atoms with Crippen molar-refractivity contribution < 1.29 is 9.59 Å². The second-order valence-corrected chi connectivity index (χ2v) is 6.38. The van der Waals surface area contributed by atoms with Crippen molar-refractivity contribution in [1.82, 2.24) is 5.32 Å². The van der Waals surface area contributed by atoms with Gasteiger partial charge in [0.1, 0.15) is 0 Å². The van der Waals surface area contributed by atoms with Gasteiger partial charge in [-0.15, -0.1) is 0 Å². The number of carbonyl (C=O) groups excluding carboxylic acids is 2. The average Bonchev–Trinajstić information content (AvgIpc) is 2.70. The summed E-state index contributed by atoms with van der Waals surface area (Å²) in [6.07, 6.45) is 0.277. The summed E-state index contributed by atoms with van der Waals surface area (Å²) in [5.74, 6) is -0.310. The third kappa shape index (κ3) is 3.20. The van der Waals surface area contributed by atoms with Gasteiger partial charge in [0.15, 0.2) is 0 Å². The molecule has 1 saturated heterocycles. The number of carbonyl (C=O) groups is 2. The lowest BCUT2D eigenvalue weighted by atomic mass is 10.1. The largest absolute Gasteiger partial charge is 0.354 e. The number of rotatable bonds is 3. The van der Waals surface area contributed by atoms with Crippen molar-refractivity contribution in [3.63, 3.8) is 0 Å². The highest BCUT2D eigenvalue weighted by Crippen LogP contribution is 2.32. The molecule has 0 aliphatic carbocycles. The average molecular weight is 339 g/mol. The van der Waals surface area contributed by atoms with Gasteiger partial charge in [0.25, 0.3) is 0 Å². The third-order valence-corrected chi connectivity index (χ3v) is 3.96. The van der Waals surface area contributed by atoms with E-state index in [0.717, 1.165) is 15.7 Å². The summed E-state index contributed by atoms with van der Waals surface area (Å²) in [5, 5.41) is 2.87. The van der Waals surface area contributed by atoms with Crippen LogP contribution in [0.1, 0.15) is 25.8 Å². The van der Waals surface area contributed by atoms with Crippen LogP contribution in [0.5, 0.6) is 0 Å². The zero-order valence-electron chi connectivity index (χ0n) is 11.9. The summed E-state index contributed by atoms with van der Waals surface area (Å²) in [6.45, 7) is 6.28. The van der Waals surface area contributed by atoms with Crippen molar-refractivity contribution in [3.05, 3.63) is 28.2 Å². The minimum atomic E-state index is -0.266. The fourth-order valence-electron chi connectivity index (χ4n) is 2.35. The van der Waals surface area contributed by atoms with Crippen molar-refractivity contribution in [1.29, 1.82) is 0 Å². The fraction of sp³-hybridized carbons (Fsp3) is 0.467. The van der Waals surface area contributed by atoms with Crippen molar-refractivity contribution in [3.8, 4) is 0 Å². The van der Waals surface area contributed by atoms with Crippen LogP contribution in [0.25, 0.3) is 0 Å². The molecule has 0 aromatic heterocycles. The highest BCUT2D eigenvalue weighted by atomic mass is 79.9. The molecular weight excluding hydrogens is 320 g/mol. The summed E-state index contributed by atoms with van der Waals surface area (Å²) >= 11 is 3.49. The van der Waals surface area contributed by atoms with Crippen LogP contribution in [0.3, 0.4) is 0 Å².